The van der Waals surface area contributed by atoms with Crippen molar-refractivity contribution in [1.29, 1.82) is 0 Å². The lowest BCUT2D eigenvalue weighted by atomic mass is 10.2. The molecule has 0 saturated carbocycles. The van der Waals surface area contributed by atoms with Crippen molar-refractivity contribution in [3.05, 3.63) is 40.8 Å². The molecule has 2 rings (SSSR count). The van der Waals surface area contributed by atoms with E-state index < -0.39 is 4.92 Å². The van der Waals surface area contributed by atoms with Crippen LogP contribution in [0.2, 0.25) is 0 Å². The zero-order chi connectivity index (χ0) is 11.7. The topological polar surface area (TPSA) is 72.7 Å². The Morgan fingerprint density at radius 3 is 2.88 bits per heavy atom. The van der Waals surface area contributed by atoms with Gasteiger partial charge in [0.1, 0.15) is 6.26 Å². The van der Waals surface area contributed by atoms with Crippen molar-refractivity contribution in [3.63, 3.8) is 0 Å². The number of benzene rings is 1. The molecular formula is C10H8N2O4. The van der Waals surface area contributed by atoms with Gasteiger partial charge in [0.15, 0.2) is 5.75 Å². The van der Waals surface area contributed by atoms with Gasteiger partial charge in [-0.1, -0.05) is 0 Å². The molecule has 1 aromatic carbocycles. The molecular weight excluding hydrogens is 212 g/mol. The monoisotopic (exact) mass is 220 g/mol. The molecule has 0 aliphatic carbocycles. The highest BCUT2D eigenvalue weighted by Gasteiger charge is 2.20. The summed E-state index contributed by atoms with van der Waals surface area (Å²) in [7, 11) is 0. The summed E-state index contributed by atoms with van der Waals surface area (Å²) in [6.45, 7) is 1.37. The van der Waals surface area contributed by atoms with E-state index in [0.717, 1.165) is 0 Å². The molecule has 0 N–H and O–H groups in total. The number of rotatable bonds is 1. The van der Waals surface area contributed by atoms with Crippen LogP contribution in [-0.4, -0.2) is 10.8 Å². The molecule has 0 bridgehead atoms. The van der Waals surface area contributed by atoms with Crippen molar-refractivity contribution in [2.45, 2.75) is 6.92 Å². The van der Waals surface area contributed by atoms with Gasteiger partial charge >= 0.3 is 0 Å². The van der Waals surface area contributed by atoms with E-state index in [2.05, 4.69) is 0 Å². The molecule has 0 atom stereocenters. The molecule has 1 amide bonds. The standard InChI is InChI=1S/C10H8N2O4/c1-7(13)11-4-5-16-10-3-2-8(12(14)15)6-9(10)11/h2-6H,1H3. The normalized spacial score (nSPS) is 12.9. The first-order chi connectivity index (χ1) is 7.59. The molecule has 6 heteroatoms. The van der Waals surface area contributed by atoms with Crippen LogP contribution in [-0.2, 0) is 4.79 Å². The number of carbonyl (C=O) groups excluding carboxylic acids is 1. The second-order valence-electron chi connectivity index (χ2n) is 3.20. The average Bonchev–Trinajstić information content (AvgIpc) is 2.27. The highest BCUT2D eigenvalue weighted by Crippen LogP contribution is 2.35. The van der Waals surface area contributed by atoms with E-state index in [9.17, 15) is 14.9 Å². The van der Waals surface area contributed by atoms with Crippen molar-refractivity contribution in [2.24, 2.45) is 0 Å². The first kappa shape index (κ1) is 10.2. The van der Waals surface area contributed by atoms with Crippen molar-refractivity contribution in [1.82, 2.24) is 0 Å². The molecule has 0 radical (unpaired) electrons. The number of nitrogens with zero attached hydrogens (tertiary/aromatic N) is 2. The van der Waals surface area contributed by atoms with E-state index in [1.54, 1.807) is 0 Å². The van der Waals surface area contributed by atoms with Crippen LogP contribution >= 0.6 is 0 Å². The highest BCUT2D eigenvalue weighted by atomic mass is 16.6. The fourth-order valence-electron chi connectivity index (χ4n) is 1.43. The number of hydrogen-bond donors (Lipinski definition) is 0. The summed E-state index contributed by atoms with van der Waals surface area (Å²) in [5.74, 6) is 0.185. The summed E-state index contributed by atoms with van der Waals surface area (Å²) < 4.78 is 5.14. The molecule has 1 heterocycles. The minimum atomic E-state index is -0.517. The summed E-state index contributed by atoms with van der Waals surface area (Å²) in [6.07, 6.45) is 2.78. The van der Waals surface area contributed by atoms with E-state index in [-0.39, 0.29) is 11.6 Å². The Morgan fingerprint density at radius 2 is 2.25 bits per heavy atom. The zero-order valence-corrected chi connectivity index (χ0v) is 8.41. The number of hydrogen-bond acceptors (Lipinski definition) is 4. The lowest BCUT2D eigenvalue weighted by Crippen LogP contribution is -2.24. The van der Waals surface area contributed by atoms with Crippen LogP contribution in [0.15, 0.2) is 30.7 Å². The maximum Gasteiger partial charge on any atom is 0.271 e. The summed E-state index contributed by atoms with van der Waals surface area (Å²) in [4.78, 5) is 22.7. The van der Waals surface area contributed by atoms with E-state index in [0.29, 0.717) is 11.4 Å². The summed E-state index contributed by atoms with van der Waals surface area (Å²) in [6, 6.07) is 4.10. The number of fused-ring (bicyclic) bond motifs is 1. The summed E-state index contributed by atoms with van der Waals surface area (Å²) >= 11 is 0. The minimum absolute atomic E-state index is 0.0797. The number of ether oxygens (including phenoxy) is 1. The Balaban J connectivity index is 2.52. The third kappa shape index (κ3) is 1.60. The summed E-state index contributed by atoms with van der Waals surface area (Å²) in [5, 5.41) is 10.6. The zero-order valence-electron chi connectivity index (χ0n) is 8.41. The van der Waals surface area contributed by atoms with Crippen LogP contribution in [0.4, 0.5) is 11.4 Å². The molecule has 0 unspecified atom stereocenters. The van der Waals surface area contributed by atoms with Gasteiger partial charge in [-0.3, -0.25) is 19.8 Å². The maximum atomic E-state index is 11.3. The second kappa shape index (κ2) is 3.65. The Hall–Kier alpha value is -2.37. The fourth-order valence-corrected chi connectivity index (χ4v) is 1.43. The van der Waals surface area contributed by atoms with Crippen LogP contribution in [0.5, 0.6) is 5.75 Å². The first-order valence-corrected chi connectivity index (χ1v) is 4.51. The lowest BCUT2D eigenvalue weighted by Gasteiger charge is -2.22. The van der Waals surface area contributed by atoms with Crippen LogP contribution in [0.3, 0.4) is 0 Å². The summed E-state index contributed by atoms with van der Waals surface area (Å²) in [5.41, 5.74) is 0.299. The quantitative estimate of drug-likeness (QED) is 0.534. The average molecular weight is 220 g/mol. The van der Waals surface area contributed by atoms with E-state index >= 15 is 0 Å². The third-order valence-corrected chi connectivity index (χ3v) is 2.16. The molecule has 0 spiro atoms. The maximum absolute atomic E-state index is 11.3. The van der Waals surface area contributed by atoms with Crippen LogP contribution in [0, 0.1) is 10.1 Å². The Labute approximate surface area is 90.9 Å². The van der Waals surface area contributed by atoms with Gasteiger partial charge in [0.2, 0.25) is 5.91 Å². The number of amides is 1. The van der Waals surface area contributed by atoms with Gasteiger partial charge in [0, 0.05) is 25.3 Å². The SMILES string of the molecule is CC(=O)N1C=COc2ccc([N+](=O)[O-])cc21. The van der Waals surface area contributed by atoms with E-state index in [1.165, 1.54) is 42.5 Å². The molecule has 0 fully saturated rings. The van der Waals surface area contributed by atoms with Gasteiger partial charge in [-0.2, -0.15) is 0 Å². The van der Waals surface area contributed by atoms with Crippen LogP contribution in [0.1, 0.15) is 6.92 Å². The Morgan fingerprint density at radius 1 is 1.50 bits per heavy atom. The minimum Gasteiger partial charge on any atom is -0.461 e. The Bertz CT molecular complexity index is 496. The molecule has 82 valence electrons. The number of nitro groups is 1. The molecule has 1 aliphatic heterocycles. The number of carbonyl (C=O) groups is 1. The van der Waals surface area contributed by atoms with Gasteiger partial charge < -0.3 is 4.74 Å². The largest absolute Gasteiger partial charge is 0.461 e. The molecule has 1 aromatic rings. The first-order valence-electron chi connectivity index (χ1n) is 4.51. The van der Waals surface area contributed by atoms with Gasteiger partial charge in [0.25, 0.3) is 5.69 Å². The molecule has 1 aliphatic rings. The van der Waals surface area contributed by atoms with Crippen molar-refractivity contribution >= 4 is 17.3 Å². The molecule has 6 nitrogen and oxygen atoms in total. The molecule has 0 aromatic heterocycles. The number of non-ortho nitro benzene ring substituents is 1. The van der Waals surface area contributed by atoms with Gasteiger partial charge in [-0.15, -0.1) is 0 Å². The second-order valence-corrected chi connectivity index (χ2v) is 3.20. The van der Waals surface area contributed by atoms with Gasteiger partial charge in [-0.05, 0) is 6.07 Å². The third-order valence-electron chi connectivity index (χ3n) is 2.16. The van der Waals surface area contributed by atoms with Crippen molar-refractivity contribution in [2.75, 3.05) is 4.90 Å². The predicted octanol–water partition coefficient (Wildman–Crippen LogP) is 1.81. The van der Waals surface area contributed by atoms with Crippen LogP contribution in [0.25, 0.3) is 0 Å². The number of anilines is 1. The highest BCUT2D eigenvalue weighted by molar-refractivity contribution is 5.95. The predicted molar refractivity (Wildman–Crippen MR) is 56.0 cm³/mol. The smallest absolute Gasteiger partial charge is 0.271 e. The molecule has 0 saturated heterocycles. The fraction of sp³-hybridized carbons (Fsp3) is 0.100. The van der Waals surface area contributed by atoms with Crippen molar-refractivity contribution < 1.29 is 14.5 Å². The van der Waals surface area contributed by atoms with Gasteiger partial charge in [-0.25, -0.2) is 0 Å². The van der Waals surface area contributed by atoms with Gasteiger partial charge in [0.05, 0.1) is 10.6 Å². The number of nitro benzene ring substituents is 1. The Kier molecular flexibility index (Phi) is 2.32. The molecule has 16 heavy (non-hydrogen) atoms. The van der Waals surface area contributed by atoms with Crippen molar-refractivity contribution in [3.8, 4) is 5.75 Å². The van der Waals surface area contributed by atoms with E-state index in [1.807, 2.05) is 0 Å². The van der Waals surface area contributed by atoms with Crippen LogP contribution < -0.4 is 9.64 Å². The van der Waals surface area contributed by atoms with E-state index in [4.69, 9.17) is 4.74 Å². The lowest BCUT2D eigenvalue weighted by molar-refractivity contribution is -0.384.